The predicted molar refractivity (Wildman–Crippen MR) is 80.5 cm³/mol. The van der Waals surface area contributed by atoms with E-state index in [1.807, 2.05) is 13.0 Å². The Balaban J connectivity index is 2.12. The highest BCUT2D eigenvalue weighted by Gasteiger charge is 2.08. The molecule has 1 aromatic heterocycles. The van der Waals surface area contributed by atoms with E-state index < -0.39 is 0 Å². The van der Waals surface area contributed by atoms with Crippen molar-refractivity contribution in [2.24, 2.45) is 5.73 Å². The average Bonchev–Trinajstić information content (AvgIpc) is 2.85. The van der Waals surface area contributed by atoms with Gasteiger partial charge in [-0.2, -0.15) is 0 Å². The molecule has 0 aliphatic carbocycles. The molecule has 0 saturated heterocycles. The molecule has 0 bridgehead atoms. The lowest BCUT2D eigenvalue weighted by molar-refractivity contribution is 0.466. The maximum absolute atomic E-state index is 5.93. The maximum atomic E-state index is 5.93. The molecule has 0 radical (unpaired) electrons. The van der Waals surface area contributed by atoms with E-state index in [1.54, 1.807) is 18.3 Å². The number of benzene rings is 1. The molecule has 1 aromatic carbocycles. The van der Waals surface area contributed by atoms with Gasteiger partial charge in [-0.25, -0.2) is 4.98 Å². The number of oxazole rings is 1. The Kier molecular flexibility index (Phi) is 4.39. The summed E-state index contributed by atoms with van der Waals surface area (Å²) in [5, 5.41) is 3.79. The first-order valence-corrected chi connectivity index (χ1v) is 6.65. The summed E-state index contributed by atoms with van der Waals surface area (Å²) in [6.07, 6.45) is 2.55. The Hall–Kier alpha value is -1.59. The molecule has 2 rings (SSSR count). The summed E-state index contributed by atoms with van der Waals surface area (Å²) >= 11 is 10.9. The Morgan fingerprint density at radius 3 is 2.95 bits per heavy atom. The fourth-order valence-electron chi connectivity index (χ4n) is 1.64. The first kappa shape index (κ1) is 13.8. The molecule has 1 heterocycles. The fraction of sp³-hybridized carbons (Fsp3) is 0.231. The summed E-state index contributed by atoms with van der Waals surface area (Å²) in [6.45, 7) is 2.49. The van der Waals surface area contributed by atoms with Crippen molar-refractivity contribution in [2.75, 3.05) is 5.32 Å². The molecule has 0 spiro atoms. The minimum absolute atomic E-state index is 0.298. The fourth-order valence-corrected chi connectivity index (χ4v) is 1.98. The van der Waals surface area contributed by atoms with Crippen LogP contribution in [0.2, 0.25) is 5.02 Å². The van der Waals surface area contributed by atoms with Crippen molar-refractivity contribution in [1.29, 1.82) is 0 Å². The summed E-state index contributed by atoms with van der Waals surface area (Å²) in [5.74, 6) is 1.49. The van der Waals surface area contributed by atoms with Crippen LogP contribution in [0, 0.1) is 0 Å². The molecular formula is C13H14ClN3OS. The highest BCUT2D eigenvalue weighted by atomic mass is 35.5. The molecule has 3 N–H and O–H groups in total. The summed E-state index contributed by atoms with van der Waals surface area (Å²) in [5.41, 5.74) is 7.20. The zero-order chi connectivity index (χ0) is 13.8. The number of hydrogen-bond acceptors (Lipinski definition) is 4. The summed E-state index contributed by atoms with van der Waals surface area (Å²) < 4.78 is 5.51. The maximum Gasteiger partial charge on any atom is 0.213 e. The first-order valence-electron chi connectivity index (χ1n) is 5.87. The van der Waals surface area contributed by atoms with Gasteiger partial charge >= 0.3 is 0 Å². The van der Waals surface area contributed by atoms with E-state index in [1.165, 1.54) is 0 Å². The van der Waals surface area contributed by atoms with Gasteiger partial charge in [-0.3, -0.25) is 0 Å². The third kappa shape index (κ3) is 3.45. The largest absolute Gasteiger partial charge is 0.444 e. The van der Waals surface area contributed by atoms with Crippen LogP contribution in [0.4, 0.5) is 5.69 Å². The van der Waals surface area contributed by atoms with Crippen molar-refractivity contribution in [3.05, 3.63) is 46.6 Å². The second kappa shape index (κ2) is 6.04. The van der Waals surface area contributed by atoms with E-state index in [2.05, 4.69) is 10.3 Å². The van der Waals surface area contributed by atoms with Crippen LogP contribution in [-0.2, 0) is 13.0 Å². The SMILES string of the molecule is CCc1cnc(CNc2ccc(Cl)cc2C(N)=S)o1. The Morgan fingerprint density at radius 1 is 1.53 bits per heavy atom. The van der Waals surface area contributed by atoms with Gasteiger partial charge in [0.05, 0.1) is 12.7 Å². The van der Waals surface area contributed by atoms with E-state index in [9.17, 15) is 0 Å². The number of aromatic nitrogens is 1. The van der Waals surface area contributed by atoms with Crippen LogP contribution in [0.15, 0.2) is 28.8 Å². The quantitative estimate of drug-likeness (QED) is 0.830. The molecule has 0 amide bonds. The number of nitrogens with one attached hydrogen (secondary N) is 1. The number of hydrogen-bond donors (Lipinski definition) is 2. The molecule has 6 heteroatoms. The van der Waals surface area contributed by atoms with E-state index >= 15 is 0 Å². The van der Waals surface area contributed by atoms with Crippen molar-refractivity contribution < 1.29 is 4.42 Å². The standard InChI is InChI=1S/C13H14ClN3OS/c1-2-9-6-17-12(18-9)7-16-11-4-3-8(14)5-10(11)13(15)19/h3-6,16H,2,7H2,1H3,(H2,15,19). The van der Waals surface area contributed by atoms with Gasteiger partial charge in [0.25, 0.3) is 0 Å². The normalized spacial score (nSPS) is 10.4. The van der Waals surface area contributed by atoms with Gasteiger partial charge in [0.15, 0.2) is 0 Å². The smallest absolute Gasteiger partial charge is 0.213 e. The number of aryl methyl sites for hydroxylation is 1. The monoisotopic (exact) mass is 295 g/mol. The highest BCUT2D eigenvalue weighted by Crippen LogP contribution is 2.21. The van der Waals surface area contributed by atoms with Crippen LogP contribution in [0.1, 0.15) is 24.1 Å². The average molecular weight is 296 g/mol. The molecule has 4 nitrogen and oxygen atoms in total. The van der Waals surface area contributed by atoms with Crippen LogP contribution >= 0.6 is 23.8 Å². The van der Waals surface area contributed by atoms with Crippen LogP contribution in [0.5, 0.6) is 0 Å². The van der Waals surface area contributed by atoms with E-state index in [0.717, 1.165) is 17.9 Å². The zero-order valence-electron chi connectivity index (χ0n) is 10.4. The van der Waals surface area contributed by atoms with Crippen LogP contribution in [-0.4, -0.2) is 9.97 Å². The first-order chi connectivity index (χ1) is 9.10. The Bertz CT molecular complexity index is 597. The van der Waals surface area contributed by atoms with Gasteiger partial charge in [-0.1, -0.05) is 30.7 Å². The molecule has 0 fully saturated rings. The molecule has 0 aliphatic rings. The Labute approximate surface area is 122 Å². The van der Waals surface area contributed by atoms with Crippen molar-refractivity contribution in [2.45, 2.75) is 19.9 Å². The topological polar surface area (TPSA) is 64.1 Å². The Morgan fingerprint density at radius 2 is 2.32 bits per heavy atom. The van der Waals surface area contributed by atoms with Gasteiger partial charge in [-0.05, 0) is 18.2 Å². The molecule has 2 aromatic rings. The van der Waals surface area contributed by atoms with E-state index in [-0.39, 0.29) is 0 Å². The number of nitrogens with zero attached hydrogens (tertiary/aromatic N) is 1. The zero-order valence-corrected chi connectivity index (χ0v) is 12.0. The number of thiocarbonyl (C=S) groups is 1. The molecule has 100 valence electrons. The second-order valence-electron chi connectivity index (χ2n) is 3.98. The molecule has 0 atom stereocenters. The summed E-state index contributed by atoms with van der Waals surface area (Å²) in [6, 6.07) is 5.35. The second-order valence-corrected chi connectivity index (χ2v) is 4.86. The van der Waals surface area contributed by atoms with Gasteiger partial charge in [0.2, 0.25) is 5.89 Å². The van der Waals surface area contributed by atoms with Crippen molar-refractivity contribution >= 4 is 34.5 Å². The van der Waals surface area contributed by atoms with Crippen LogP contribution in [0.25, 0.3) is 0 Å². The van der Waals surface area contributed by atoms with Gasteiger partial charge in [0.1, 0.15) is 10.7 Å². The van der Waals surface area contributed by atoms with Crippen molar-refractivity contribution in [3.63, 3.8) is 0 Å². The van der Waals surface area contributed by atoms with Gasteiger partial charge in [-0.15, -0.1) is 0 Å². The third-order valence-electron chi connectivity index (χ3n) is 2.63. The van der Waals surface area contributed by atoms with Crippen molar-refractivity contribution in [1.82, 2.24) is 4.98 Å². The third-order valence-corrected chi connectivity index (χ3v) is 3.08. The molecule has 0 aliphatic heterocycles. The van der Waals surface area contributed by atoms with Crippen molar-refractivity contribution in [3.8, 4) is 0 Å². The lowest BCUT2D eigenvalue weighted by Crippen LogP contribution is -2.13. The number of anilines is 1. The molecule has 0 saturated carbocycles. The van der Waals surface area contributed by atoms with E-state index in [4.69, 9.17) is 34.0 Å². The van der Waals surface area contributed by atoms with Gasteiger partial charge in [0, 0.05) is 22.7 Å². The molecule has 0 unspecified atom stereocenters. The number of halogens is 1. The lowest BCUT2D eigenvalue weighted by atomic mass is 10.2. The highest BCUT2D eigenvalue weighted by molar-refractivity contribution is 7.80. The van der Waals surface area contributed by atoms with E-state index in [0.29, 0.717) is 28.0 Å². The summed E-state index contributed by atoms with van der Waals surface area (Å²) in [4.78, 5) is 4.47. The minimum atomic E-state index is 0.298. The number of rotatable bonds is 5. The predicted octanol–water partition coefficient (Wildman–Crippen LogP) is 3.14. The summed E-state index contributed by atoms with van der Waals surface area (Å²) in [7, 11) is 0. The minimum Gasteiger partial charge on any atom is -0.444 e. The van der Waals surface area contributed by atoms with Crippen LogP contribution in [0.3, 0.4) is 0 Å². The van der Waals surface area contributed by atoms with Gasteiger partial charge < -0.3 is 15.5 Å². The molecular weight excluding hydrogens is 282 g/mol. The lowest BCUT2D eigenvalue weighted by Gasteiger charge is -2.10. The number of nitrogens with two attached hydrogens (primary N) is 1. The molecule has 19 heavy (non-hydrogen) atoms. The van der Waals surface area contributed by atoms with Crippen LogP contribution < -0.4 is 11.1 Å².